The van der Waals surface area contributed by atoms with Crippen molar-refractivity contribution in [1.82, 2.24) is 0 Å². The molecule has 0 fully saturated rings. The van der Waals surface area contributed by atoms with Crippen molar-refractivity contribution in [2.24, 2.45) is 10.9 Å². The molecule has 0 aliphatic carbocycles. The second-order valence-electron chi connectivity index (χ2n) is 4.22. The average molecular weight is 285 g/mol. The van der Waals surface area contributed by atoms with E-state index in [9.17, 15) is 4.79 Å². The molecule has 0 spiro atoms. The van der Waals surface area contributed by atoms with Crippen LogP contribution in [0.25, 0.3) is 0 Å². The van der Waals surface area contributed by atoms with E-state index >= 15 is 0 Å². The van der Waals surface area contributed by atoms with Crippen molar-refractivity contribution in [2.45, 2.75) is 0 Å². The van der Waals surface area contributed by atoms with Gasteiger partial charge in [0.2, 0.25) is 0 Å². The molecule has 6 nitrogen and oxygen atoms in total. The zero-order chi connectivity index (χ0) is 15.2. The standard InChI is InChI=1S/C15H15N3O3/c1-21-13-5-3-2-4-12(13)15(19)17-11-8-6-10(7-9-11)14(16)18-20/h2-9,20H,1H3,(H2,16,18)(H,17,19). The molecule has 0 aromatic heterocycles. The summed E-state index contributed by atoms with van der Waals surface area (Å²) in [6, 6.07) is 13.6. The first-order chi connectivity index (χ1) is 10.2. The van der Waals surface area contributed by atoms with Crippen molar-refractivity contribution in [3.05, 3.63) is 59.7 Å². The summed E-state index contributed by atoms with van der Waals surface area (Å²) in [4.78, 5) is 12.2. The number of amides is 1. The fourth-order valence-corrected chi connectivity index (χ4v) is 1.81. The smallest absolute Gasteiger partial charge is 0.259 e. The van der Waals surface area contributed by atoms with Crippen molar-refractivity contribution in [3.63, 3.8) is 0 Å². The molecule has 0 saturated carbocycles. The first-order valence-corrected chi connectivity index (χ1v) is 6.18. The topological polar surface area (TPSA) is 96.9 Å². The summed E-state index contributed by atoms with van der Waals surface area (Å²) in [7, 11) is 1.51. The number of hydrogen-bond acceptors (Lipinski definition) is 4. The van der Waals surface area contributed by atoms with Crippen LogP contribution in [0, 0.1) is 0 Å². The van der Waals surface area contributed by atoms with Crippen molar-refractivity contribution in [1.29, 1.82) is 0 Å². The number of ether oxygens (including phenoxy) is 1. The number of nitrogens with zero attached hydrogens (tertiary/aromatic N) is 1. The van der Waals surface area contributed by atoms with Crippen LogP contribution >= 0.6 is 0 Å². The van der Waals surface area contributed by atoms with Crippen LogP contribution in [0.15, 0.2) is 53.7 Å². The monoisotopic (exact) mass is 285 g/mol. The van der Waals surface area contributed by atoms with Crippen LogP contribution in [-0.2, 0) is 0 Å². The zero-order valence-corrected chi connectivity index (χ0v) is 11.4. The van der Waals surface area contributed by atoms with E-state index in [0.717, 1.165) is 0 Å². The van der Waals surface area contributed by atoms with E-state index < -0.39 is 0 Å². The number of oxime groups is 1. The summed E-state index contributed by atoms with van der Waals surface area (Å²) in [6.45, 7) is 0. The molecule has 2 aromatic rings. The Bertz CT molecular complexity index is 666. The molecule has 1 amide bonds. The number of anilines is 1. The highest BCUT2D eigenvalue weighted by Gasteiger charge is 2.11. The summed E-state index contributed by atoms with van der Waals surface area (Å²) >= 11 is 0. The van der Waals surface area contributed by atoms with E-state index in [1.807, 2.05) is 0 Å². The largest absolute Gasteiger partial charge is 0.496 e. The van der Waals surface area contributed by atoms with Gasteiger partial charge in [-0.05, 0) is 36.4 Å². The molecule has 0 radical (unpaired) electrons. The second-order valence-corrected chi connectivity index (χ2v) is 4.22. The predicted octanol–water partition coefficient (Wildman–Crippen LogP) is 2.04. The lowest BCUT2D eigenvalue weighted by Gasteiger charge is -2.09. The van der Waals surface area contributed by atoms with E-state index in [4.69, 9.17) is 15.7 Å². The van der Waals surface area contributed by atoms with Crippen LogP contribution < -0.4 is 15.8 Å². The van der Waals surface area contributed by atoms with E-state index in [1.54, 1.807) is 48.5 Å². The minimum Gasteiger partial charge on any atom is -0.496 e. The number of nitrogens with two attached hydrogens (primary N) is 1. The minimum absolute atomic E-state index is 0.0117. The number of nitrogens with one attached hydrogen (secondary N) is 1. The van der Waals surface area contributed by atoms with Gasteiger partial charge in [-0.3, -0.25) is 4.79 Å². The Kier molecular flexibility index (Phi) is 4.40. The molecular formula is C15H15N3O3. The van der Waals surface area contributed by atoms with E-state index in [0.29, 0.717) is 22.6 Å². The van der Waals surface area contributed by atoms with Gasteiger partial charge >= 0.3 is 0 Å². The summed E-state index contributed by atoms with van der Waals surface area (Å²) in [5.74, 6) is 0.241. The number of para-hydroxylation sites is 1. The predicted molar refractivity (Wildman–Crippen MR) is 79.9 cm³/mol. The molecule has 0 unspecified atom stereocenters. The van der Waals surface area contributed by atoms with Gasteiger partial charge in [-0.15, -0.1) is 0 Å². The maximum atomic E-state index is 12.2. The first kappa shape index (κ1) is 14.4. The Morgan fingerprint density at radius 1 is 1.19 bits per heavy atom. The van der Waals surface area contributed by atoms with Gasteiger partial charge < -0.3 is 21.0 Å². The van der Waals surface area contributed by atoms with Crippen LogP contribution in [0.1, 0.15) is 15.9 Å². The van der Waals surface area contributed by atoms with Gasteiger partial charge in [-0.2, -0.15) is 0 Å². The number of carbonyl (C=O) groups excluding carboxylic acids is 1. The molecule has 6 heteroatoms. The molecule has 2 rings (SSSR count). The number of rotatable bonds is 4. The quantitative estimate of drug-likeness (QED) is 0.346. The van der Waals surface area contributed by atoms with E-state index in [2.05, 4.69) is 10.5 Å². The van der Waals surface area contributed by atoms with Gasteiger partial charge in [0.05, 0.1) is 12.7 Å². The summed E-state index contributed by atoms with van der Waals surface area (Å²) in [6.07, 6.45) is 0. The molecule has 0 aliphatic heterocycles. The highest BCUT2D eigenvalue weighted by atomic mass is 16.5. The fraction of sp³-hybridized carbons (Fsp3) is 0.0667. The number of benzene rings is 2. The SMILES string of the molecule is COc1ccccc1C(=O)Nc1ccc(/C(N)=N/O)cc1. The summed E-state index contributed by atoms with van der Waals surface area (Å²) in [5.41, 5.74) is 7.08. The van der Waals surface area contributed by atoms with Crippen LogP contribution in [0.2, 0.25) is 0 Å². The normalized spacial score (nSPS) is 11.0. The Balaban J connectivity index is 2.16. The fourth-order valence-electron chi connectivity index (χ4n) is 1.81. The molecule has 0 aliphatic rings. The average Bonchev–Trinajstić information content (AvgIpc) is 2.54. The van der Waals surface area contributed by atoms with Crippen molar-refractivity contribution in [3.8, 4) is 5.75 Å². The van der Waals surface area contributed by atoms with Gasteiger partial charge in [0.25, 0.3) is 5.91 Å². The van der Waals surface area contributed by atoms with Crippen LogP contribution in [-0.4, -0.2) is 24.1 Å². The Hall–Kier alpha value is -3.02. The molecule has 21 heavy (non-hydrogen) atoms. The lowest BCUT2D eigenvalue weighted by atomic mass is 10.1. The lowest BCUT2D eigenvalue weighted by Crippen LogP contribution is -2.15. The maximum absolute atomic E-state index is 12.2. The third-order valence-corrected chi connectivity index (χ3v) is 2.90. The number of carbonyl (C=O) groups is 1. The molecule has 0 atom stereocenters. The maximum Gasteiger partial charge on any atom is 0.259 e. The summed E-state index contributed by atoms with van der Waals surface area (Å²) < 4.78 is 5.15. The molecule has 0 bridgehead atoms. The molecule has 0 saturated heterocycles. The lowest BCUT2D eigenvalue weighted by molar-refractivity contribution is 0.102. The summed E-state index contributed by atoms with van der Waals surface area (Å²) in [5, 5.41) is 14.3. The Morgan fingerprint density at radius 2 is 1.86 bits per heavy atom. The van der Waals surface area contributed by atoms with Crippen LogP contribution in [0.5, 0.6) is 5.75 Å². The number of amidine groups is 1. The van der Waals surface area contributed by atoms with E-state index in [1.165, 1.54) is 7.11 Å². The highest BCUT2D eigenvalue weighted by molar-refractivity contribution is 6.06. The Labute approximate surface area is 121 Å². The zero-order valence-electron chi connectivity index (χ0n) is 11.4. The molecule has 108 valence electrons. The van der Waals surface area contributed by atoms with Gasteiger partial charge in [0, 0.05) is 11.3 Å². The van der Waals surface area contributed by atoms with Crippen LogP contribution in [0.3, 0.4) is 0 Å². The van der Waals surface area contributed by atoms with Gasteiger partial charge in [0.15, 0.2) is 5.84 Å². The molecule has 0 heterocycles. The number of methoxy groups -OCH3 is 1. The van der Waals surface area contributed by atoms with Gasteiger partial charge in [0.1, 0.15) is 5.75 Å². The third kappa shape index (κ3) is 3.30. The minimum atomic E-state index is -0.274. The first-order valence-electron chi connectivity index (χ1n) is 6.18. The Morgan fingerprint density at radius 3 is 2.48 bits per heavy atom. The van der Waals surface area contributed by atoms with Crippen molar-refractivity contribution < 1.29 is 14.7 Å². The van der Waals surface area contributed by atoms with Crippen LogP contribution in [0.4, 0.5) is 5.69 Å². The van der Waals surface area contributed by atoms with Gasteiger partial charge in [-0.25, -0.2) is 0 Å². The van der Waals surface area contributed by atoms with Gasteiger partial charge in [-0.1, -0.05) is 17.3 Å². The van der Waals surface area contributed by atoms with Crippen molar-refractivity contribution in [2.75, 3.05) is 12.4 Å². The molecule has 4 N–H and O–H groups in total. The molecular weight excluding hydrogens is 270 g/mol. The second kappa shape index (κ2) is 6.42. The molecule has 2 aromatic carbocycles. The van der Waals surface area contributed by atoms with Crippen molar-refractivity contribution >= 4 is 17.4 Å². The van der Waals surface area contributed by atoms with E-state index in [-0.39, 0.29) is 11.7 Å². The number of hydrogen-bond donors (Lipinski definition) is 3. The highest BCUT2D eigenvalue weighted by Crippen LogP contribution is 2.19. The third-order valence-electron chi connectivity index (χ3n) is 2.90.